The second-order valence-corrected chi connectivity index (χ2v) is 3.47. The Kier molecular flexibility index (Phi) is 4.72. The van der Waals surface area contributed by atoms with Gasteiger partial charge in [0.25, 0.3) is 0 Å². The molecule has 0 heterocycles. The molecule has 0 saturated heterocycles. The Labute approximate surface area is 98.9 Å². The van der Waals surface area contributed by atoms with Gasteiger partial charge in [-0.2, -0.15) is 0 Å². The van der Waals surface area contributed by atoms with Crippen LogP contribution in [0.4, 0.5) is 10.5 Å². The minimum absolute atomic E-state index is 0.442. The molecule has 1 aromatic rings. The van der Waals surface area contributed by atoms with Crippen molar-refractivity contribution in [2.45, 2.75) is 0 Å². The fourth-order valence-electron chi connectivity index (χ4n) is 1.15. The smallest absolute Gasteiger partial charge is 0.312 e. The van der Waals surface area contributed by atoms with Crippen LogP contribution in [0.5, 0.6) is 5.75 Å². The lowest BCUT2D eigenvalue weighted by molar-refractivity contribution is 0.249. The van der Waals surface area contributed by atoms with Gasteiger partial charge >= 0.3 is 6.03 Å². The van der Waals surface area contributed by atoms with Gasteiger partial charge in [-0.15, -0.1) is 0 Å². The first-order chi connectivity index (χ1) is 7.63. The summed E-state index contributed by atoms with van der Waals surface area (Å²) in [5.41, 5.74) is 5.71. The molecule has 0 radical (unpaired) electrons. The third-order valence-electron chi connectivity index (χ3n) is 1.92. The Morgan fingerprint density at radius 1 is 1.50 bits per heavy atom. The topological polar surface area (TPSA) is 76.4 Å². The van der Waals surface area contributed by atoms with Gasteiger partial charge in [0.15, 0.2) is 0 Å². The number of nitrogens with one attached hydrogen (secondary N) is 2. The van der Waals surface area contributed by atoms with Gasteiger partial charge in [-0.3, -0.25) is 0 Å². The van der Waals surface area contributed by atoms with E-state index in [0.717, 1.165) is 5.69 Å². The van der Waals surface area contributed by atoms with Crippen molar-refractivity contribution in [1.29, 1.82) is 0 Å². The van der Waals surface area contributed by atoms with Crippen molar-refractivity contribution in [3.8, 4) is 5.75 Å². The van der Waals surface area contributed by atoms with Crippen molar-refractivity contribution >= 4 is 23.3 Å². The molecule has 0 atom stereocenters. The minimum Gasteiger partial charge on any atom is -0.497 e. The quantitative estimate of drug-likeness (QED) is 0.685. The van der Waals surface area contributed by atoms with E-state index in [0.29, 0.717) is 23.9 Å². The number of rotatable bonds is 5. The fraction of sp³-hybridized carbons (Fsp3) is 0.300. The standard InChI is InChI=1S/C10H14ClN3O2/c1-16-7-2-3-9(8(11)6-7)13-4-5-14-10(12)15/h2-3,6,13H,4-5H2,1H3,(H3,12,14,15). The first-order valence-corrected chi connectivity index (χ1v) is 5.12. The first-order valence-electron chi connectivity index (χ1n) is 4.74. The predicted molar refractivity (Wildman–Crippen MR) is 64.1 cm³/mol. The maximum atomic E-state index is 10.4. The summed E-state index contributed by atoms with van der Waals surface area (Å²) < 4.78 is 5.02. The zero-order chi connectivity index (χ0) is 12.0. The maximum Gasteiger partial charge on any atom is 0.312 e. The molecule has 2 amide bonds. The van der Waals surface area contributed by atoms with Crippen molar-refractivity contribution in [1.82, 2.24) is 5.32 Å². The zero-order valence-corrected chi connectivity index (χ0v) is 9.67. The van der Waals surface area contributed by atoms with Gasteiger partial charge in [0.2, 0.25) is 0 Å². The number of anilines is 1. The molecule has 6 heteroatoms. The van der Waals surface area contributed by atoms with Gasteiger partial charge in [0.1, 0.15) is 5.75 Å². The number of benzene rings is 1. The summed E-state index contributed by atoms with van der Waals surface area (Å²) in [6.45, 7) is 0.993. The molecule has 0 fully saturated rings. The van der Waals surface area contributed by atoms with Crippen LogP contribution >= 0.6 is 11.6 Å². The highest BCUT2D eigenvalue weighted by atomic mass is 35.5. The third-order valence-corrected chi connectivity index (χ3v) is 2.23. The van der Waals surface area contributed by atoms with E-state index in [4.69, 9.17) is 22.1 Å². The molecule has 16 heavy (non-hydrogen) atoms. The molecule has 0 bridgehead atoms. The second-order valence-electron chi connectivity index (χ2n) is 3.06. The van der Waals surface area contributed by atoms with Crippen LogP contribution in [-0.4, -0.2) is 26.2 Å². The number of amides is 2. The Bertz CT molecular complexity index is 371. The molecule has 4 N–H and O–H groups in total. The molecule has 1 rings (SSSR count). The number of nitrogens with two attached hydrogens (primary N) is 1. The summed E-state index contributed by atoms with van der Waals surface area (Å²) >= 11 is 6.00. The van der Waals surface area contributed by atoms with Gasteiger partial charge in [-0.05, 0) is 12.1 Å². The van der Waals surface area contributed by atoms with Crippen molar-refractivity contribution in [2.75, 3.05) is 25.5 Å². The molecule has 1 aromatic carbocycles. The highest BCUT2D eigenvalue weighted by Crippen LogP contribution is 2.26. The molecule has 0 aliphatic rings. The maximum absolute atomic E-state index is 10.4. The number of methoxy groups -OCH3 is 1. The van der Waals surface area contributed by atoms with Crippen LogP contribution in [0.1, 0.15) is 0 Å². The Morgan fingerprint density at radius 3 is 2.81 bits per heavy atom. The highest BCUT2D eigenvalue weighted by Gasteiger charge is 2.01. The molecule has 0 saturated carbocycles. The Balaban J connectivity index is 2.45. The van der Waals surface area contributed by atoms with Gasteiger partial charge in [0, 0.05) is 19.2 Å². The van der Waals surface area contributed by atoms with Crippen molar-refractivity contribution in [2.24, 2.45) is 5.73 Å². The number of carbonyl (C=O) groups excluding carboxylic acids is 1. The number of urea groups is 1. The normalized spacial score (nSPS) is 9.62. The number of ether oxygens (including phenoxy) is 1. The van der Waals surface area contributed by atoms with Gasteiger partial charge < -0.3 is 21.1 Å². The zero-order valence-electron chi connectivity index (χ0n) is 8.92. The van der Waals surface area contributed by atoms with Crippen LogP contribution in [0, 0.1) is 0 Å². The summed E-state index contributed by atoms with van der Waals surface area (Å²) in [4.78, 5) is 10.4. The number of carbonyl (C=O) groups is 1. The van der Waals surface area contributed by atoms with Crippen LogP contribution in [-0.2, 0) is 0 Å². The molecule has 5 nitrogen and oxygen atoms in total. The highest BCUT2D eigenvalue weighted by molar-refractivity contribution is 6.33. The van der Waals surface area contributed by atoms with Gasteiger partial charge in [-0.1, -0.05) is 11.6 Å². The molecule has 0 aliphatic carbocycles. The third kappa shape index (κ3) is 3.86. The van der Waals surface area contributed by atoms with Crippen molar-refractivity contribution < 1.29 is 9.53 Å². The molecule has 0 unspecified atom stereocenters. The average molecular weight is 244 g/mol. The average Bonchev–Trinajstić information content (AvgIpc) is 2.25. The largest absolute Gasteiger partial charge is 0.497 e. The fourth-order valence-corrected chi connectivity index (χ4v) is 1.39. The summed E-state index contributed by atoms with van der Waals surface area (Å²) in [5.74, 6) is 0.700. The summed E-state index contributed by atoms with van der Waals surface area (Å²) in [6.07, 6.45) is 0. The lowest BCUT2D eigenvalue weighted by Gasteiger charge is -2.09. The number of primary amides is 1. The number of halogens is 1. The van der Waals surface area contributed by atoms with Crippen LogP contribution in [0.25, 0.3) is 0 Å². The van der Waals surface area contributed by atoms with Gasteiger partial charge in [-0.25, -0.2) is 4.79 Å². The van der Waals surface area contributed by atoms with E-state index < -0.39 is 6.03 Å². The van der Waals surface area contributed by atoms with Gasteiger partial charge in [0.05, 0.1) is 17.8 Å². The lowest BCUT2D eigenvalue weighted by Crippen LogP contribution is -2.33. The summed E-state index contributed by atoms with van der Waals surface area (Å²) in [7, 11) is 1.58. The summed E-state index contributed by atoms with van der Waals surface area (Å²) in [5, 5.41) is 6.10. The number of hydrogen-bond donors (Lipinski definition) is 3. The van der Waals surface area contributed by atoms with E-state index in [9.17, 15) is 4.79 Å². The van der Waals surface area contributed by atoms with E-state index >= 15 is 0 Å². The van der Waals surface area contributed by atoms with E-state index in [1.165, 1.54) is 0 Å². The van der Waals surface area contributed by atoms with E-state index in [-0.39, 0.29) is 0 Å². The number of hydrogen-bond acceptors (Lipinski definition) is 3. The lowest BCUT2D eigenvalue weighted by atomic mass is 10.3. The van der Waals surface area contributed by atoms with E-state index in [2.05, 4.69) is 10.6 Å². The Morgan fingerprint density at radius 2 is 2.25 bits per heavy atom. The molecule has 0 spiro atoms. The minimum atomic E-state index is -0.539. The van der Waals surface area contributed by atoms with E-state index in [1.54, 1.807) is 19.2 Å². The molecule has 0 aliphatic heterocycles. The monoisotopic (exact) mass is 243 g/mol. The van der Waals surface area contributed by atoms with Crippen molar-refractivity contribution in [3.63, 3.8) is 0 Å². The van der Waals surface area contributed by atoms with Crippen LogP contribution in [0.3, 0.4) is 0 Å². The van der Waals surface area contributed by atoms with E-state index in [1.807, 2.05) is 6.07 Å². The first kappa shape index (κ1) is 12.4. The SMILES string of the molecule is COc1ccc(NCCNC(N)=O)c(Cl)c1. The van der Waals surface area contributed by atoms with Crippen LogP contribution in [0.2, 0.25) is 5.02 Å². The second kappa shape index (κ2) is 6.07. The van der Waals surface area contributed by atoms with Crippen LogP contribution in [0.15, 0.2) is 18.2 Å². The molecule has 88 valence electrons. The molecular weight excluding hydrogens is 230 g/mol. The Hall–Kier alpha value is -1.62. The van der Waals surface area contributed by atoms with Crippen LogP contribution < -0.4 is 21.1 Å². The molecular formula is C10H14ClN3O2. The predicted octanol–water partition coefficient (Wildman–Crippen LogP) is 1.43. The molecule has 0 aromatic heterocycles. The summed E-state index contributed by atoms with van der Waals surface area (Å²) in [6, 6.07) is 4.79. The van der Waals surface area contributed by atoms with Crippen molar-refractivity contribution in [3.05, 3.63) is 23.2 Å².